The Balaban J connectivity index is 2.30. The molecule has 1 fully saturated rings. The molecule has 0 spiro atoms. The molecular weight excluding hydrogens is 112 g/mol. The van der Waals surface area contributed by atoms with Crippen LogP contribution in [0, 0.1) is 11.8 Å². The first-order valence-electron chi connectivity index (χ1n) is 3.81. The molecule has 0 unspecified atom stereocenters. The average molecular weight is 128 g/mol. The fourth-order valence-electron chi connectivity index (χ4n) is 1.31. The first-order valence-corrected chi connectivity index (χ1v) is 3.81. The summed E-state index contributed by atoms with van der Waals surface area (Å²) in [7, 11) is 0. The van der Waals surface area contributed by atoms with E-state index in [9.17, 15) is 0 Å². The highest BCUT2D eigenvalue weighted by molar-refractivity contribution is 4.72. The second-order valence-corrected chi connectivity index (χ2v) is 3.38. The average Bonchev–Trinajstić information content (AvgIpc) is 2.14. The van der Waals surface area contributed by atoms with Gasteiger partial charge in [0.2, 0.25) is 0 Å². The maximum atomic E-state index is 5.43. The molecule has 1 saturated heterocycles. The van der Waals surface area contributed by atoms with Crippen LogP contribution in [0.3, 0.4) is 0 Å². The number of ether oxygens (including phenoxy) is 1. The van der Waals surface area contributed by atoms with Crippen molar-refractivity contribution < 1.29 is 4.74 Å². The van der Waals surface area contributed by atoms with Gasteiger partial charge in [0.1, 0.15) is 0 Å². The third kappa shape index (κ3) is 1.68. The lowest BCUT2D eigenvalue weighted by atomic mass is 9.94. The van der Waals surface area contributed by atoms with Crippen molar-refractivity contribution in [3.8, 4) is 0 Å². The molecule has 9 heavy (non-hydrogen) atoms. The molecule has 54 valence electrons. The zero-order valence-corrected chi connectivity index (χ0v) is 6.55. The second kappa shape index (κ2) is 2.70. The molecule has 1 heteroatoms. The van der Waals surface area contributed by atoms with E-state index in [1.54, 1.807) is 0 Å². The molecule has 1 nitrogen and oxygen atoms in total. The monoisotopic (exact) mass is 128 g/mol. The van der Waals surface area contributed by atoms with Gasteiger partial charge in [0, 0.05) is 0 Å². The van der Waals surface area contributed by atoms with E-state index >= 15 is 0 Å². The van der Waals surface area contributed by atoms with Crippen molar-refractivity contribution in [1.29, 1.82) is 0 Å². The lowest BCUT2D eigenvalue weighted by Crippen LogP contribution is -2.07. The zero-order chi connectivity index (χ0) is 6.85. The Morgan fingerprint density at radius 2 is 2.11 bits per heavy atom. The van der Waals surface area contributed by atoms with E-state index in [4.69, 9.17) is 4.74 Å². The lowest BCUT2D eigenvalue weighted by molar-refractivity contribution is 0.116. The van der Waals surface area contributed by atoms with Gasteiger partial charge in [0.05, 0.1) is 12.7 Å². The standard InChI is InChI=1S/C8H16O/c1-6(2)8-4-7(3)9-5-8/h6-8H,4-5H2,1-3H3/t7-,8-/m1/s1. The van der Waals surface area contributed by atoms with Crippen LogP contribution in [0.1, 0.15) is 27.2 Å². The van der Waals surface area contributed by atoms with E-state index in [1.165, 1.54) is 6.42 Å². The Hall–Kier alpha value is -0.0400. The van der Waals surface area contributed by atoms with E-state index in [0.29, 0.717) is 6.10 Å². The maximum absolute atomic E-state index is 5.43. The van der Waals surface area contributed by atoms with Gasteiger partial charge >= 0.3 is 0 Å². The van der Waals surface area contributed by atoms with Gasteiger partial charge in [0.25, 0.3) is 0 Å². The Bertz CT molecular complexity index is 88.6. The molecule has 1 aliphatic rings. The molecule has 0 N–H and O–H groups in total. The van der Waals surface area contributed by atoms with E-state index in [0.717, 1.165) is 18.4 Å². The van der Waals surface area contributed by atoms with Crippen molar-refractivity contribution in [2.75, 3.05) is 6.61 Å². The van der Waals surface area contributed by atoms with Gasteiger partial charge in [-0.2, -0.15) is 0 Å². The smallest absolute Gasteiger partial charge is 0.0550 e. The topological polar surface area (TPSA) is 9.23 Å². The summed E-state index contributed by atoms with van der Waals surface area (Å²) in [5.74, 6) is 1.62. The quantitative estimate of drug-likeness (QED) is 0.525. The van der Waals surface area contributed by atoms with Crippen LogP contribution in [0.2, 0.25) is 0 Å². The number of hydrogen-bond acceptors (Lipinski definition) is 1. The minimum Gasteiger partial charge on any atom is -0.378 e. The predicted octanol–water partition coefficient (Wildman–Crippen LogP) is 2.07. The highest BCUT2D eigenvalue weighted by atomic mass is 16.5. The molecule has 0 aromatic carbocycles. The summed E-state index contributed by atoms with van der Waals surface area (Å²) in [6.45, 7) is 7.68. The van der Waals surface area contributed by atoms with Gasteiger partial charge in [0.15, 0.2) is 0 Å². The minimum absolute atomic E-state index is 0.511. The highest BCUT2D eigenvalue weighted by Crippen LogP contribution is 2.25. The number of hydrogen-bond donors (Lipinski definition) is 0. The first kappa shape index (κ1) is 7.07. The van der Waals surface area contributed by atoms with Crippen molar-refractivity contribution in [2.24, 2.45) is 11.8 Å². The Morgan fingerprint density at radius 3 is 2.33 bits per heavy atom. The van der Waals surface area contributed by atoms with Crippen LogP contribution in [-0.4, -0.2) is 12.7 Å². The third-order valence-electron chi connectivity index (χ3n) is 2.17. The maximum Gasteiger partial charge on any atom is 0.0550 e. The highest BCUT2D eigenvalue weighted by Gasteiger charge is 2.23. The van der Waals surface area contributed by atoms with E-state index in [1.807, 2.05) is 0 Å². The molecule has 0 saturated carbocycles. The molecule has 2 atom stereocenters. The molecule has 0 amide bonds. The van der Waals surface area contributed by atoms with Gasteiger partial charge in [-0.25, -0.2) is 0 Å². The Morgan fingerprint density at radius 1 is 1.44 bits per heavy atom. The zero-order valence-electron chi connectivity index (χ0n) is 6.55. The fraction of sp³-hybridized carbons (Fsp3) is 1.00. The SMILES string of the molecule is CC(C)[C@H]1CO[C@H](C)C1. The fourth-order valence-corrected chi connectivity index (χ4v) is 1.31. The molecular formula is C8H16O. The largest absolute Gasteiger partial charge is 0.378 e. The summed E-state index contributed by atoms with van der Waals surface area (Å²) in [4.78, 5) is 0. The summed E-state index contributed by atoms with van der Waals surface area (Å²) in [5.41, 5.74) is 0. The summed E-state index contributed by atoms with van der Waals surface area (Å²) in [6.07, 6.45) is 1.77. The first-order chi connectivity index (χ1) is 4.20. The molecule has 1 aliphatic heterocycles. The molecule has 0 aromatic heterocycles. The Labute approximate surface area is 57.4 Å². The van der Waals surface area contributed by atoms with Crippen molar-refractivity contribution in [1.82, 2.24) is 0 Å². The van der Waals surface area contributed by atoms with Gasteiger partial charge in [-0.05, 0) is 25.2 Å². The van der Waals surface area contributed by atoms with Gasteiger partial charge in [-0.15, -0.1) is 0 Å². The Kier molecular flexibility index (Phi) is 2.12. The van der Waals surface area contributed by atoms with Crippen LogP contribution in [-0.2, 0) is 4.74 Å². The number of rotatable bonds is 1. The molecule has 1 rings (SSSR count). The predicted molar refractivity (Wildman–Crippen MR) is 38.4 cm³/mol. The second-order valence-electron chi connectivity index (χ2n) is 3.38. The summed E-state index contributed by atoms with van der Waals surface area (Å²) < 4.78 is 5.43. The van der Waals surface area contributed by atoms with Crippen LogP contribution in [0.5, 0.6) is 0 Å². The summed E-state index contributed by atoms with van der Waals surface area (Å²) >= 11 is 0. The van der Waals surface area contributed by atoms with Crippen LogP contribution >= 0.6 is 0 Å². The van der Waals surface area contributed by atoms with Crippen LogP contribution in [0.15, 0.2) is 0 Å². The summed E-state index contributed by atoms with van der Waals surface area (Å²) in [5, 5.41) is 0. The van der Waals surface area contributed by atoms with Gasteiger partial charge in [-0.1, -0.05) is 13.8 Å². The van der Waals surface area contributed by atoms with Crippen LogP contribution in [0.4, 0.5) is 0 Å². The molecule has 1 heterocycles. The molecule has 0 radical (unpaired) electrons. The third-order valence-corrected chi connectivity index (χ3v) is 2.17. The lowest BCUT2D eigenvalue weighted by Gasteiger charge is -2.10. The minimum atomic E-state index is 0.511. The molecule has 0 aliphatic carbocycles. The van der Waals surface area contributed by atoms with E-state index in [2.05, 4.69) is 20.8 Å². The van der Waals surface area contributed by atoms with Crippen molar-refractivity contribution in [3.63, 3.8) is 0 Å². The molecule has 0 aromatic rings. The summed E-state index contributed by atoms with van der Waals surface area (Å²) in [6, 6.07) is 0. The van der Waals surface area contributed by atoms with Crippen molar-refractivity contribution >= 4 is 0 Å². The van der Waals surface area contributed by atoms with Crippen molar-refractivity contribution in [3.05, 3.63) is 0 Å². The van der Waals surface area contributed by atoms with E-state index < -0.39 is 0 Å². The van der Waals surface area contributed by atoms with Crippen LogP contribution < -0.4 is 0 Å². The van der Waals surface area contributed by atoms with E-state index in [-0.39, 0.29) is 0 Å². The van der Waals surface area contributed by atoms with Crippen molar-refractivity contribution in [2.45, 2.75) is 33.3 Å². The molecule has 0 bridgehead atoms. The van der Waals surface area contributed by atoms with Gasteiger partial charge < -0.3 is 4.74 Å². The van der Waals surface area contributed by atoms with Crippen LogP contribution in [0.25, 0.3) is 0 Å². The normalized spacial score (nSPS) is 36.0. The van der Waals surface area contributed by atoms with Gasteiger partial charge in [-0.3, -0.25) is 0 Å².